The second kappa shape index (κ2) is 7.84. The van der Waals surface area contributed by atoms with Crippen LogP contribution in [0.3, 0.4) is 0 Å². The Morgan fingerprint density at radius 1 is 1.17 bits per heavy atom. The lowest BCUT2D eigenvalue weighted by atomic mass is 10.0. The number of aromatic nitrogens is 1. The lowest BCUT2D eigenvalue weighted by Crippen LogP contribution is -2.36. The van der Waals surface area contributed by atoms with Crippen LogP contribution in [0, 0.1) is 18.8 Å². The Hall–Kier alpha value is -2.31. The number of primary amides is 1. The van der Waals surface area contributed by atoms with Crippen molar-refractivity contribution in [2.75, 3.05) is 26.2 Å². The molecule has 3 unspecified atom stereocenters. The van der Waals surface area contributed by atoms with Gasteiger partial charge in [0.05, 0.1) is 0 Å². The van der Waals surface area contributed by atoms with Gasteiger partial charge in [-0.25, -0.2) is 0 Å². The molecule has 2 amide bonds. The van der Waals surface area contributed by atoms with Gasteiger partial charge in [0.15, 0.2) is 0 Å². The van der Waals surface area contributed by atoms with Gasteiger partial charge in [-0.2, -0.15) is 0 Å². The number of carbonyl (C=O) groups is 2. The maximum Gasteiger partial charge on any atom is 0.270 e. The van der Waals surface area contributed by atoms with E-state index in [-0.39, 0.29) is 24.3 Å². The largest absolute Gasteiger partial charge is 0.370 e. The van der Waals surface area contributed by atoms with Gasteiger partial charge in [-0.1, -0.05) is 23.7 Å². The molecule has 3 heterocycles. The fraction of sp³-hybridized carbons (Fsp3) is 0.455. The summed E-state index contributed by atoms with van der Waals surface area (Å²) < 4.78 is 1.87. The highest BCUT2D eigenvalue weighted by Gasteiger charge is 2.44. The Labute approximate surface area is 176 Å². The number of likely N-dealkylation sites (tertiary alicyclic amines) is 2. The zero-order valence-electron chi connectivity index (χ0n) is 16.8. The van der Waals surface area contributed by atoms with Gasteiger partial charge in [-0.3, -0.25) is 14.5 Å². The third-order valence-corrected chi connectivity index (χ3v) is 6.79. The number of amides is 2. The number of hydrogen-bond acceptors (Lipinski definition) is 3. The van der Waals surface area contributed by atoms with Crippen molar-refractivity contribution in [3.05, 3.63) is 58.4 Å². The summed E-state index contributed by atoms with van der Waals surface area (Å²) in [4.78, 5) is 28.9. The molecule has 154 valence electrons. The van der Waals surface area contributed by atoms with Crippen LogP contribution in [0.25, 0.3) is 0 Å². The normalized spacial score (nSPS) is 22.7. The summed E-state index contributed by atoms with van der Waals surface area (Å²) in [5, 5.41) is 0.704. The first-order valence-electron chi connectivity index (χ1n) is 10.0. The van der Waals surface area contributed by atoms with E-state index in [1.807, 2.05) is 60.0 Å². The van der Waals surface area contributed by atoms with Crippen molar-refractivity contribution < 1.29 is 9.59 Å². The number of rotatable bonds is 5. The van der Waals surface area contributed by atoms with Crippen molar-refractivity contribution in [1.82, 2.24) is 14.4 Å². The maximum atomic E-state index is 12.8. The molecule has 2 N–H and O–H groups in total. The number of benzene rings is 1. The number of carbonyl (C=O) groups excluding carboxylic acids is 2. The summed E-state index contributed by atoms with van der Waals surface area (Å²) in [6, 6.07) is 9.66. The van der Waals surface area contributed by atoms with Crippen LogP contribution in [0.4, 0.5) is 0 Å². The lowest BCUT2D eigenvalue weighted by Gasteiger charge is -2.29. The van der Waals surface area contributed by atoms with Crippen LogP contribution in [0.5, 0.6) is 0 Å². The van der Waals surface area contributed by atoms with Gasteiger partial charge in [0.1, 0.15) is 5.69 Å². The Morgan fingerprint density at radius 3 is 2.41 bits per heavy atom. The van der Waals surface area contributed by atoms with E-state index in [1.54, 1.807) is 0 Å². The highest BCUT2D eigenvalue weighted by molar-refractivity contribution is 6.31. The average molecular weight is 415 g/mol. The predicted molar refractivity (Wildman–Crippen MR) is 113 cm³/mol. The molecule has 2 aliphatic heterocycles. The van der Waals surface area contributed by atoms with Crippen molar-refractivity contribution in [2.45, 2.75) is 19.4 Å². The summed E-state index contributed by atoms with van der Waals surface area (Å²) in [5.41, 5.74) is 8.32. The molecule has 2 fully saturated rings. The van der Waals surface area contributed by atoms with Gasteiger partial charge < -0.3 is 15.2 Å². The molecule has 6 nitrogen and oxygen atoms in total. The molecule has 2 aliphatic rings. The molecular weight excluding hydrogens is 388 g/mol. The number of fused-ring (bicyclic) bond motifs is 1. The van der Waals surface area contributed by atoms with Crippen molar-refractivity contribution in [3.8, 4) is 0 Å². The first-order valence-corrected chi connectivity index (χ1v) is 10.4. The van der Waals surface area contributed by atoms with E-state index < -0.39 is 0 Å². The standard InChI is InChI=1S/C22H27ClN4O2/c1-14-5-6-15(8-18(14)23)20(9-21(24)28)26-10-16-12-27(13-17(16)11-26)22(29)19-4-3-7-25(19)2/h3-8,16-17,20H,9-13H2,1-2H3,(H2,24,28). The predicted octanol–water partition coefficient (Wildman–Crippen LogP) is 2.61. The van der Waals surface area contributed by atoms with E-state index in [0.29, 0.717) is 16.9 Å². The van der Waals surface area contributed by atoms with E-state index in [4.69, 9.17) is 17.3 Å². The van der Waals surface area contributed by atoms with Crippen LogP contribution in [0.2, 0.25) is 5.02 Å². The second-order valence-corrected chi connectivity index (χ2v) is 8.79. The van der Waals surface area contributed by atoms with Crippen LogP contribution < -0.4 is 5.73 Å². The second-order valence-electron chi connectivity index (χ2n) is 8.38. The van der Waals surface area contributed by atoms with Gasteiger partial charge in [0, 0.05) is 56.9 Å². The zero-order valence-corrected chi connectivity index (χ0v) is 17.6. The fourth-order valence-electron chi connectivity index (χ4n) is 4.76. The minimum Gasteiger partial charge on any atom is -0.370 e. The smallest absolute Gasteiger partial charge is 0.270 e. The van der Waals surface area contributed by atoms with E-state index in [0.717, 1.165) is 43.0 Å². The van der Waals surface area contributed by atoms with Crippen LogP contribution in [-0.2, 0) is 11.8 Å². The minimum absolute atomic E-state index is 0.0757. The Kier molecular flexibility index (Phi) is 5.40. The summed E-state index contributed by atoms with van der Waals surface area (Å²) in [6.45, 7) is 5.18. The third-order valence-electron chi connectivity index (χ3n) is 6.38. The molecule has 0 aliphatic carbocycles. The molecule has 0 spiro atoms. The highest BCUT2D eigenvalue weighted by atomic mass is 35.5. The molecule has 29 heavy (non-hydrogen) atoms. The lowest BCUT2D eigenvalue weighted by molar-refractivity contribution is -0.119. The number of nitrogens with two attached hydrogens (primary N) is 1. The first kappa shape index (κ1) is 20.0. The zero-order chi connectivity index (χ0) is 20.7. The molecule has 1 aromatic carbocycles. The molecule has 0 saturated carbocycles. The summed E-state index contributed by atoms with van der Waals surface area (Å²) in [6.07, 6.45) is 2.16. The fourth-order valence-corrected chi connectivity index (χ4v) is 4.95. The van der Waals surface area contributed by atoms with Crippen LogP contribution in [-0.4, -0.2) is 52.4 Å². The molecule has 7 heteroatoms. The summed E-state index contributed by atoms with van der Waals surface area (Å²) in [5.74, 6) is 0.604. The summed E-state index contributed by atoms with van der Waals surface area (Å²) >= 11 is 6.33. The molecule has 2 aromatic rings. The highest BCUT2D eigenvalue weighted by Crippen LogP contribution is 2.38. The molecular formula is C22H27ClN4O2. The molecule has 1 aromatic heterocycles. The third kappa shape index (κ3) is 3.91. The van der Waals surface area contributed by atoms with Crippen LogP contribution in [0.15, 0.2) is 36.5 Å². The van der Waals surface area contributed by atoms with Gasteiger partial charge in [0.2, 0.25) is 5.91 Å². The van der Waals surface area contributed by atoms with Crippen molar-refractivity contribution in [1.29, 1.82) is 0 Å². The van der Waals surface area contributed by atoms with Gasteiger partial charge in [0.25, 0.3) is 5.91 Å². The number of hydrogen-bond donors (Lipinski definition) is 1. The van der Waals surface area contributed by atoms with E-state index >= 15 is 0 Å². The monoisotopic (exact) mass is 414 g/mol. The topological polar surface area (TPSA) is 71.6 Å². The number of nitrogens with zero attached hydrogens (tertiary/aromatic N) is 3. The van der Waals surface area contributed by atoms with Gasteiger partial charge in [-0.15, -0.1) is 0 Å². The van der Waals surface area contributed by atoms with Crippen LogP contribution in [0.1, 0.15) is 34.1 Å². The van der Waals surface area contributed by atoms with Gasteiger partial charge >= 0.3 is 0 Å². The van der Waals surface area contributed by atoms with E-state index in [1.165, 1.54) is 0 Å². The first-order chi connectivity index (χ1) is 13.8. The average Bonchev–Trinajstić information content (AvgIpc) is 3.35. The van der Waals surface area contributed by atoms with Crippen molar-refractivity contribution in [2.24, 2.45) is 24.6 Å². The SMILES string of the molecule is Cc1ccc(C(CC(N)=O)N2CC3CN(C(=O)c4cccn4C)CC3C2)cc1Cl. The maximum absolute atomic E-state index is 12.8. The molecule has 0 radical (unpaired) electrons. The Balaban J connectivity index is 1.47. The molecule has 4 rings (SSSR count). The summed E-state index contributed by atoms with van der Waals surface area (Å²) in [7, 11) is 1.90. The number of halogens is 1. The Morgan fingerprint density at radius 2 is 1.86 bits per heavy atom. The quantitative estimate of drug-likeness (QED) is 0.817. The van der Waals surface area contributed by atoms with Gasteiger partial charge in [-0.05, 0) is 48.1 Å². The molecule has 0 bridgehead atoms. The number of aryl methyl sites for hydroxylation is 2. The Bertz CT molecular complexity index is 927. The molecule has 2 saturated heterocycles. The minimum atomic E-state index is -0.315. The molecule has 3 atom stereocenters. The van der Waals surface area contributed by atoms with Crippen LogP contribution >= 0.6 is 11.6 Å². The van der Waals surface area contributed by atoms with Crippen molar-refractivity contribution in [3.63, 3.8) is 0 Å². The van der Waals surface area contributed by atoms with E-state index in [9.17, 15) is 9.59 Å². The van der Waals surface area contributed by atoms with Crippen molar-refractivity contribution >= 4 is 23.4 Å². The van der Waals surface area contributed by atoms with E-state index in [2.05, 4.69) is 4.90 Å².